The summed E-state index contributed by atoms with van der Waals surface area (Å²) < 4.78 is 11.9. The van der Waals surface area contributed by atoms with Gasteiger partial charge in [0, 0.05) is 25.7 Å². The fourth-order valence-corrected chi connectivity index (χ4v) is 3.67. The molecule has 1 unspecified atom stereocenters. The minimum Gasteiger partial charge on any atom is -0.385 e. The summed E-state index contributed by atoms with van der Waals surface area (Å²) in [6, 6.07) is 6.76. The van der Waals surface area contributed by atoms with E-state index in [2.05, 4.69) is 10.1 Å². The topological polar surface area (TPSA) is 88.5 Å². The first kappa shape index (κ1) is 20.2. The summed E-state index contributed by atoms with van der Waals surface area (Å²) in [4.78, 5) is 31.6. The lowest BCUT2D eigenvalue weighted by molar-refractivity contribution is -0.460. The zero-order valence-corrected chi connectivity index (χ0v) is 17.1. The van der Waals surface area contributed by atoms with Crippen LogP contribution in [-0.2, 0) is 16.1 Å². The van der Waals surface area contributed by atoms with Crippen LogP contribution in [0.2, 0.25) is 5.02 Å². The van der Waals surface area contributed by atoms with Crippen molar-refractivity contribution in [3.8, 4) is 11.4 Å². The van der Waals surface area contributed by atoms with E-state index >= 15 is 0 Å². The summed E-state index contributed by atoms with van der Waals surface area (Å²) in [5, 5.41) is 4.49. The van der Waals surface area contributed by atoms with Crippen LogP contribution >= 0.6 is 11.6 Å². The maximum Gasteiger partial charge on any atom is 0.501 e. The number of amides is 3. The number of hydrogen-bond acceptors (Lipinski definition) is 6. The van der Waals surface area contributed by atoms with Crippen LogP contribution in [0, 0.1) is 5.92 Å². The number of halogens is 1. The highest BCUT2D eigenvalue weighted by atomic mass is 35.5. The van der Waals surface area contributed by atoms with Crippen LogP contribution in [-0.4, -0.2) is 57.5 Å². The fourth-order valence-electron chi connectivity index (χ4n) is 3.45. The van der Waals surface area contributed by atoms with Crippen molar-refractivity contribution in [3.05, 3.63) is 59.5 Å². The number of fused-ring (bicyclic) bond motifs is 1. The molecule has 0 N–H and O–H groups in total. The Hall–Kier alpha value is -3.10. The molecule has 1 aliphatic carbocycles. The molecule has 2 aromatic rings. The Morgan fingerprint density at radius 1 is 1.27 bits per heavy atom. The summed E-state index contributed by atoms with van der Waals surface area (Å²) in [7, 11) is 1.58. The van der Waals surface area contributed by atoms with Crippen molar-refractivity contribution in [1.29, 1.82) is 0 Å². The predicted octanol–water partition coefficient (Wildman–Crippen LogP) is 3.08. The molecule has 30 heavy (non-hydrogen) atoms. The minimum atomic E-state index is -0.527. The zero-order chi connectivity index (χ0) is 21.1. The van der Waals surface area contributed by atoms with Gasteiger partial charge in [-0.2, -0.15) is 19.3 Å². The summed E-state index contributed by atoms with van der Waals surface area (Å²) in [5.74, 6) is -0.182. The van der Waals surface area contributed by atoms with E-state index in [0.29, 0.717) is 35.1 Å². The number of urea groups is 1. The lowest BCUT2D eigenvalue weighted by Crippen LogP contribution is -2.54. The van der Waals surface area contributed by atoms with Crippen molar-refractivity contribution >= 4 is 29.3 Å². The average Bonchev–Trinajstić information content (AvgIpc) is 3.22. The summed E-state index contributed by atoms with van der Waals surface area (Å²) in [6.45, 7) is 0.783. The summed E-state index contributed by atoms with van der Waals surface area (Å²) in [6.07, 6.45) is 7.70. The molecule has 0 fully saturated rings. The molecule has 4 rings (SSSR count). The predicted molar refractivity (Wildman–Crippen MR) is 109 cm³/mol. The zero-order valence-electron chi connectivity index (χ0n) is 16.3. The number of benzene rings is 1. The van der Waals surface area contributed by atoms with Gasteiger partial charge in [0.05, 0.1) is 11.6 Å². The number of ether oxygens (including phenoxy) is 1. The Morgan fingerprint density at radius 3 is 2.90 bits per heavy atom. The van der Waals surface area contributed by atoms with E-state index < -0.39 is 11.9 Å². The molecule has 0 radical (unpaired) electrons. The third kappa shape index (κ3) is 3.83. The molecule has 3 amide bonds. The number of allylic oxidation sites excluding steroid dienone is 3. The van der Waals surface area contributed by atoms with Crippen molar-refractivity contribution in [2.75, 3.05) is 20.3 Å². The van der Waals surface area contributed by atoms with E-state index in [9.17, 15) is 9.59 Å². The lowest BCUT2D eigenvalue weighted by Gasteiger charge is -2.26. The van der Waals surface area contributed by atoms with E-state index in [-0.39, 0.29) is 24.9 Å². The third-order valence-electron chi connectivity index (χ3n) is 4.91. The van der Waals surface area contributed by atoms with Gasteiger partial charge in [-0.25, -0.2) is 4.79 Å². The summed E-state index contributed by atoms with van der Waals surface area (Å²) in [5.41, 5.74) is 1.23. The van der Waals surface area contributed by atoms with Crippen molar-refractivity contribution in [2.24, 2.45) is 5.92 Å². The molecular formula is C21H20ClN4O4+. The van der Waals surface area contributed by atoms with Crippen molar-refractivity contribution in [1.82, 2.24) is 15.0 Å². The van der Waals surface area contributed by atoms with Crippen LogP contribution in [0.3, 0.4) is 0 Å². The molecule has 154 valence electrons. The average molecular weight is 428 g/mol. The Labute approximate surface area is 178 Å². The molecule has 0 saturated heterocycles. The minimum absolute atomic E-state index is 0.0500. The molecule has 0 bridgehead atoms. The van der Waals surface area contributed by atoms with Gasteiger partial charge in [-0.3, -0.25) is 0 Å². The first-order chi connectivity index (χ1) is 14.6. The molecule has 0 spiro atoms. The second-order valence-electron chi connectivity index (χ2n) is 6.84. The molecule has 1 aromatic heterocycles. The molecule has 1 atom stereocenters. The van der Waals surface area contributed by atoms with Gasteiger partial charge in [0.25, 0.3) is 5.89 Å². The van der Waals surface area contributed by atoms with Crippen LogP contribution in [0.15, 0.2) is 53.1 Å². The second kappa shape index (κ2) is 8.73. The van der Waals surface area contributed by atoms with Gasteiger partial charge in [-0.1, -0.05) is 47.1 Å². The normalized spacial score (nSPS) is 18.3. The highest BCUT2D eigenvalue weighted by Crippen LogP contribution is 2.26. The molecule has 1 aliphatic heterocycles. The smallest absolute Gasteiger partial charge is 0.385 e. The highest BCUT2D eigenvalue weighted by molar-refractivity contribution is 6.33. The van der Waals surface area contributed by atoms with Crippen LogP contribution in [0.25, 0.3) is 11.4 Å². The first-order valence-corrected chi connectivity index (χ1v) is 9.89. The number of carbonyl (C=O) groups is 2. The molecule has 8 nitrogen and oxygen atoms in total. The van der Waals surface area contributed by atoms with Gasteiger partial charge in [0.2, 0.25) is 5.82 Å². The maximum absolute atomic E-state index is 13.1. The van der Waals surface area contributed by atoms with Crippen LogP contribution in [0.4, 0.5) is 4.79 Å². The Balaban J connectivity index is 1.64. The van der Waals surface area contributed by atoms with Gasteiger partial charge in [-0.15, -0.1) is 0 Å². The van der Waals surface area contributed by atoms with Gasteiger partial charge < -0.3 is 9.26 Å². The monoisotopic (exact) mass is 427 g/mol. The Bertz CT molecular complexity index is 1070. The fraction of sp³-hybridized carbons (Fsp3) is 0.286. The van der Waals surface area contributed by atoms with E-state index in [0.717, 1.165) is 0 Å². The number of imide groups is 1. The highest BCUT2D eigenvalue weighted by Gasteiger charge is 2.46. The number of aromatic nitrogens is 2. The summed E-state index contributed by atoms with van der Waals surface area (Å²) >= 11 is 6.21. The largest absolute Gasteiger partial charge is 0.501 e. The van der Waals surface area contributed by atoms with E-state index in [1.165, 1.54) is 9.48 Å². The molecular weight excluding hydrogens is 408 g/mol. The van der Waals surface area contributed by atoms with Crippen LogP contribution < -0.4 is 0 Å². The Kier molecular flexibility index (Phi) is 5.87. The molecule has 2 aliphatic rings. The molecule has 1 aromatic carbocycles. The van der Waals surface area contributed by atoms with Gasteiger partial charge in [0.1, 0.15) is 11.6 Å². The van der Waals surface area contributed by atoms with Crippen LogP contribution in [0.5, 0.6) is 0 Å². The van der Waals surface area contributed by atoms with Crippen molar-refractivity contribution < 1.29 is 23.4 Å². The first-order valence-electron chi connectivity index (χ1n) is 9.51. The Morgan fingerprint density at radius 2 is 2.10 bits per heavy atom. The van der Waals surface area contributed by atoms with E-state index in [1.54, 1.807) is 43.5 Å². The number of nitrogens with zero attached hydrogens (tertiary/aromatic N) is 4. The van der Waals surface area contributed by atoms with E-state index in [4.69, 9.17) is 20.9 Å². The second-order valence-corrected chi connectivity index (χ2v) is 7.25. The van der Waals surface area contributed by atoms with Crippen molar-refractivity contribution in [2.45, 2.75) is 13.0 Å². The molecule has 2 heterocycles. The number of rotatable bonds is 7. The number of methoxy groups -OCH3 is 1. The maximum atomic E-state index is 13.1. The SMILES string of the molecule is COCCCN1C(=O)C2C=CC=CC2=[N+](Cc2nc(-c3ccccc3Cl)no2)C1=O. The van der Waals surface area contributed by atoms with Gasteiger partial charge >= 0.3 is 11.9 Å². The molecule has 9 heteroatoms. The quantitative estimate of drug-likeness (QED) is 0.498. The van der Waals surface area contributed by atoms with Crippen molar-refractivity contribution in [3.63, 3.8) is 0 Å². The van der Waals surface area contributed by atoms with Gasteiger partial charge in [-0.05, 0) is 18.2 Å². The number of hydrogen-bond donors (Lipinski definition) is 0. The lowest BCUT2D eigenvalue weighted by atomic mass is 9.94. The molecule has 0 saturated carbocycles. The standard InChI is InChI=1S/C21H20ClN4O4/c1-29-12-6-11-25-20(27)15-8-3-5-10-17(15)26(21(25)28)13-18-23-19(24-30-18)14-7-2-4-9-16(14)22/h2-5,7-10,15H,6,11-13H2,1H3/q+1. The number of carbonyl (C=O) groups excluding carboxylic acids is 2. The van der Waals surface area contributed by atoms with Gasteiger partial charge in [0.15, 0.2) is 6.54 Å². The van der Waals surface area contributed by atoms with E-state index in [1.807, 2.05) is 12.1 Å². The third-order valence-corrected chi connectivity index (χ3v) is 5.24. The van der Waals surface area contributed by atoms with Crippen LogP contribution in [0.1, 0.15) is 12.3 Å².